The second-order valence-corrected chi connectivity index (χ2v) is 5.64. The molecule has 0 unspecified atom stereocenters. The molecule has 0 bridgehead atoms. The number of morpholine rings is 1. The van der Waals surface area contributed by atoms with E-state index in [4.69, 9.17) is 14.3 Å². The van der Waals surface area contributed by atoms with Crippen molar-refractivity contribution in [3.05, 3.63) is 29.8 Å². The fraction of sp³-hybridized carbons (Fsp3) is 0.500. The lowest BCUT2D eigenvalue weighted by atomic mass is 9.94. The molecule has 2 aliphatic heterocycles. The minimum Gasteiger partial charge on any atom is -0.496 e. The lowest BCUT2D eigenvalue weighted by Crippen LogP contribution is -2.51. The van der Waals surface area contributed by atoms with Crippen LogP contribution in [-0.2, 0) is 14.4 Å². The van der Waals surface area contributed by atoms with E-state index in [1.165, 1.54) is 0 Å². The minimum absolute atomic E-state index is 0.0375. The molecule has 0 N–H and O–H groups in total. The van der Waals surface area contributed by atoms with Crippen LogP contribution in [-0.4, -0.2) is 55.5 Å². The summed E-state index contributed by atoms with van der Waals surface area (Å²) in [7, 11) is 1.62. The van der Waals surface area contributed by atoms with Crippen LogP contribution in [0.15, 0.2) is 29.4 Å². The predicted octanol–water partition coefficient (Wildman–Crippen LogP) is 1.44. The van der Waals surface area contributed by atoms with Crippen molar-refractivity contribution in [3.63, 3.8) is 0 Å². The van der Waals surface area contributed by atoms with Crippen molar-refractivity contribution in [1.29, 1.82) is 0 Å². The number of methoxy groups -OCH3 is 1. The molecule has 6 nitrogen and oxygen atoms in total. The number of oxime groups is 1. The van der Waals surface area contributed by atoms with Crippen molar-refractivity contribution < 1.29 is 19.1 Å². The summed E-state index contributed by atoms with van der Waals surface area (Å²) in [5, 5.41) is 4.14. The third kappa shape index (κ3) is 2.66. The van der Waals surface area contributed by atoms with Gasteiger partial charge < -0.3 is 19.2 Å². The SMILES string of the molecule is COc1ccccc1C1=NO[C@](C)(C(=O)N2CCOCC2)C1. The van der Waals surface area contributed by atoms with Crippen molar-refractivity contribution in [2.24, 2.45) is 5.16 Å². The maximum absolute atomic E-state index is 12.7. The van der Waals surface area contributed by atoms with Gasteiger partial charge in [-0.05, 0) is 19.1 Å². The maximum Gasteiger partial charge on any atom is 0.269 e. The number of rotatable bonds is 3. The molecule has 22 heavy (non-hydrogen) atoms. The summed E-state index contributed by atoms with van der Waals surface area (Å²) in [5.74, 6) is 0.692. The van der Waals surface area contributed by atoms with E-state index in [1.807, 2.05) is 24.3 Å². The van der Waals surface area contributed by atoms with Gasteiger partial charge in [0.25, 0.3) is 5.91 Å². The molecule has 1 aromatic carbocycles. The van der Waals surface area contributed by atoms with Gasteiger partial charge in [0.2, 0.25) is 5.60 Å². The van der Waals surface area contributed by atoms with Crippen LogP contribution < -0.4 is 4.74 Å². The van der Waals surface area contributed by atoms with Gasteiger partial charge in [0.05, 0.1) is 26.0 Å². The Morgan fingerprint density at radius 3 is 2.77 bits per heavy atom. The van der Waals surface area contributed by atoms with Gasteiger partial charge in [-0.25, -0.2) is 0 Å². The topological polar surface area (TPSA) is 60.4 Å². The number of benzene rings is 1. The lowest BCUT2D eigenvalue weighted by molar-refractivity contribution is -0.157. The van der Waals surface area contributed by atoms with Crippen LogP contribution >= 0.6 is 0 Å². The molecule has 1 aromatic rings. The van der Waals surface area contributed by atoms with Gasteiger partial charge in [-0.3, -0.25) is 4.79 Å². The van der Waals surface area contributed by atoms with E-state index in [1.54, 1.807) is 18.9 Å². The normalized spacial score (nSPS) is 24.6. The Balaban J connectivity index is 1.76. The van der Waals surface area contributed by atoms with Gasteiger partial charge in [-0.2, -0.15) is 0 Å². The number of carbonyl (C=O) groups is 1. The summed E-state index contributed by atoms with van der Waals surface area (Å²) >= 11 is 0. The predicted molar refractivity (Wildman–Crippen MR) is 81.0 cm³/mol. The molecule has 1 saturated heterocycles. The van der Waals surface area contributed by atoms with E-state index >= 15 is 0 Å². The van der Waals surface area contributed by atoms with Gasteiger partial charge in [0.15, 0.2) is 0 Å². The third-order valence-corrected chi connectivity index (χ3v) is 4.03. The Bertz CT molecular complexity index is 596. The molecule has 2 heterocycles. The smallest absolute Gasteiger partial charge is 0.269 e. The highest BCUT2D eigenvalue weighted by Gasteiger charge is 2.45. The molecule has 1 fully saturated rings. The first-order valence-electron chi connectivity index (χ1n) is 7.39. The molecule has 118 valence electrons. The quantitative estimate of drug-likeness (QED) is 0.848. The van der Waals surface area contributed by atoms with Gasteiger partial charge in [-0.15, -0.1) is 0 Å². The second kappa shape index (κ2) is 5.96. The number of carbonyl (C=O) groups excluding carboxylic acids is 1. The van der Waals surface area contributed by atoms with Gasteiger partial charge in [0.1, 0.15) is 5.75 Å². The van der Waals surface area contributed by atoms with E-state index in [2.05, 4.69) is 5.16 Å². The van der Waals surface area contributed by atoms with Crippen LogP contribution in [0, 0.1) is 0 Å². The van der Waals surface area contributed by atoms with Crippen molar-refractivity contribution in [1.82, 2.24) is 4.90 Å². The highest BCUT2D eigenvalue weighted by molar-refractivity contribution is 6.07. The third-order valence-electron chi connectivity index (χ3n) is 4.03. The molecule has 1 amide bonds. The van der Waals surface area contributed by atoms with Crippen LogP contribution in [0.5, 0.6) is 5.75 Å². The number of nitrogens with zero attached hydrogens (tertiary/aromatic N) is 2. The summed E-state index contributed by atoms with van der Waals surface area (Å²) in [6.07, 6.45) is 0.434. The molecule has 0 radical (unpaired) electrons. The molecular weight excluding hydrogens is 284 g/mol. The van der Waals surface area contributed by atoms with Gasteiger partial charge in [0, 0.05) is 25.1 Å². The highest BCUT2D eigenvalue weighted by Crippen LogP contribution is 2.31. The van der Waals surface area contributed by atoms with E-state index in [-0.39, 0.29) is 5.91 Å². The Kier molecular flexibility index (Phi) is 4.02. The zero-order valence-electron chi connectivity index (χ0n) is 12.9. The van der Waals surface area contributed by atoms with E-state index < -0.39 is 5.60 Å². The largest absolute Gasteiger partial charge is 0.496 e. The Morgan fingerprint density at radius 1 is 1.32 bits per heavy atom. The summed E-state index contributed by atoms with van der Waals surface area (Å²) < 4.78 is 10.6. The molecule has 0 aromatic heterocycles. The first kappa shape index (κ1) is 14.8. The molecule has 1 atom stereocenters. The molecule has 0 aliphatic carbocycles. The molecular formula is C16H20N2O4. The van der Waals surface area contributed by atoms with E-state index in [9.17, 15) is 4.79 Å². The Hall–Kier alpha value is -2.08. The van der Waals surface area contributed by atoms with Crippen LogP contribution in [0.1, 0.15) is 18.9 Å². The molecule has 2 aliphatic rings. The van der Waals surface area contributed by atoms with Crippen molar-refractivity contribution in [2.45, 2.75) is 18.9 Å². The molecule has 0 spiro atoms. The fourth-order valence-electron chi connectivity index (χ4n) is 2.78. The van der Waals surface area contributed by atoms with Crippen molar-refractivity contribution >= 4 is 11.6 Å². The fourth-order valence-corrected chi connectivity index (χ4v) is 2.78. The summed E-state index contributed by atoms with van der Waals surface area (Å²) in [6, 6.07) is 7.61. The monoisotopic (exact) mass is 304 g/mol. The number of hydrogen-bond donors (Lipinski definition) is 0. The number of ether oxygens (including phenoxy) is 2. The molecule has 3 rings (SSSR count). The first-order chi connectivity index (χ1) is 10.6. The average molecular weight is 304 g/mol. The maximum atomic E-state index is 12.7. The van der Waals surface area contributed by atoms with Crippen molar-refractivity contribution in [3.8, 4) is 5.75 Å². The van der Waals surface area contributed by atoms with Gasteiger partial charge >= 0.3 is 0 Å². The minimum atomic E-state index is -0.951. The first-order valence-corrected chi connectivity index (χ1v) is 7.39. The van der Waals surface area contributed by atoms with Crippen LogP contribution in [0.3, 0.4) is 0 Å². The highest BCUT2D eigenvalue weighted by atomic mass is 16.7. The summed E-state index contributed by atoms with van der Waals surface area (Å²) in [5.41, 5.74) is 0.651. The zero-order valence-corrected chi connectivity index (χ0v) is 12.9. The average Bonchev–Trinajstić information content (AvgIpc) is 2.98. The summed E-state index contributed by atoms with van der Waals surface area (Å²) in [6.45, 7) is 4.13. The molecule has 0 saturated carbocycles. The summed E-state index contributed by atoms with van der Waals surface area (Å²) in [4.78, 5) is 20.0. The lowest BCUT2D eigenvalue weighted by Gasteiger charge is -2.32. The Morgan fingerprint density at radius 2 is 2.05 bits per heavy atom. The van der Waals surface area contributed by atoms with Crippen LogP contribution in [0.2, 0.25) is 0 Å². The number of hydrogen-bond acceptors (Lipinski definition) is 5. The standard InChI is InChI=1S/C16H20N2O4/c1-16(15(19)18-7-9-21-10-8-18)11-13(17-22-16)12-5-3-4-6-14(12)20-2/h3-6H,7-11H2,1-2H3/t16-/m0/s1. The van der Waals surface area contributed by atoms with Gasteiger partial charge in [-0.1, -0.05) is 17.3 Å². The zero-order chi connectivity index (χ0) is 15.6. The van der Waals surface area contributed by atoms with E-state index in [0.717, 1.165) is 17.0 Å². The van der Waals surface area contributed by atoms with Crippen LogP contribution in [0.4, 0.5) is 0 Å². The van der Waals surface area contributed by atoms with E-state index in [0.29, 0.717) is 32.7 Å². The van der Waals surface area contributed by atoms with Crippen molar-refractivity contribution in [2.75, 3.05) is 33.4 Å². The Labute approximate surface area is 129 Å². The van der Waals surface area contributed by atoms with Crippen LogP contribution in [0.25, 0.3) is 0 Å². The number of para-hydroxylation sites is 1. The number of amides is 1. The molecule has 6 heteroatoms. The second-order valence-electron chi connectivity index (χ2n) is 5.64.